The van der Waals surface area contributed by atoms with Crippen LogP contribution in [-0.2, 0) is 0 Å². The van der Waals surface area contributed by atoms with E-state index in [4.69, 9.17) is 0 Å². The van der Waals surface area contributed by atoms with Crippen LogP contribution >= 0.6 is 0 Å². The molecule has 8 heteroatoms. The first-order chi connectivity index (χ1) is 18.5. The third-order valence-electron chi connectivity index (χ3n) is 7.49. The fourth-order valence-corrected chi connectivity index (χ4v) is 6.00. The van der Waals surface area contributed by atoms with Gasteiger partial charge >= 0.3 is 0 Å². The van der Waals surface area contributed by atoms with Crippen molar-refractivity contribution in [3.05, 3.63) is 103 Å². The molecule has 0 fully saturated rings. The van der Waals surface area contributed by atoms with Gasteiger partial charge < -0.3 is 9.55 Å². The number of rotatable bonds is 3. The van der Waals surface area contributed by atoms with Crippen LogP contribution in [0.1, 0.15) is 42.1 Å². The predicted octanol–water partition coefficient (Wildman–Crippen LogP) is 8.75. The highest BCUT2D eigenvalue weighted by molar-refractivity contribution is 6.11. The number of H-pyrrole nitrogens is 1. The molecule has 4 aromatic carbocycles. The molecule has 0 radical (unpaired) electrons. The van der Waals surface area contributed by atoms with E-state index in [2.05, 4.69) is 29.5 Å². The molecule has 39 heavy (non-hydrogen) atoms. The maximum Gasteiger partial charge on any atom is 0.275 e. The van der Waals surface area contributed by atoms with Crippen LogP contribution in [0.25, 0.3) is 43.6 Å². The van der Waals surface area contributed by atoms with Crippen molar-refractivity contribution in [2.75, 3.05) is 0 Å². The monoisotopic (exact) mass is 522 g/mol. The Morgan fingerprint density at radius 2 is 1.23 bits per heavy atom. The van der Waals surface area contributed by atoms with Gasteiger partial charge in [-0.1, -0.05) is 36.4 Å². The van der Waals surface area contributed by atoms with Crippen LogP contribution in [0.5, 0.6) is 0 Å². The Labute approximate surface area is 225 Å². The molecule has 0 spiro atoms. The Bertz CT molecular complexity index is 1950. The van der Waals surface area contributed by atoms with Crippen molar-refractivity contribution < 1.29 is 9.85 Å². The molecule has 8 nitrogen and oxygen atoms in total. The maximum absolute atomic E-state index is 11.4. The normalized spacial score (nSPS) is 11.5. The molecule has 0 bridgehead atoms. The van der Waals surface area contributed by atoms with Crippen molar-refractivity contribution in [1.82, 2.24) is 9.55 Å². The quantitative estimate of drug-likeness (QED) is 0.185. The minimum Gasteiger partial charge on any atom is -0.354 e. The number of hydrogen-bond acceptors (Lipinski definition) is 4. The lowest BCUT2D eigenvalue weighted by atomic mass is 10.0. The molecule has 0 aliphatic rings. The van der Waals surface area contributed by atoms with Gasteiger partial charge in [0.2, 0.25) is 0 Å². The van der Waals surface area contributed by atoms with E-state index in [0.29, 0.717) is 11.6 Å². The summed E-state index contributed by atoms with van der Waals surface area (Å²) in [5, 5.41) is 26.6. The van der Waals surface area contributed by atoms with Crippen molar-refractivity contribution in [2.45, 2.75) is 47.6 Å². The van der Waals surface area contributed by atoms with Crippen LogP contribution in [0, 0.1) is 47.9 Å². The number of aromatic nitrogens is 2. The molecule has 2 aromatic heterocycles. The first-order valence-electron chi connectivity index (χ1n) is 12.8. The van der Waals surface area contributed by atoms with Gasteiger partial charge in [0.15, 0.2) is 0 Å². The van der Waals surface area contributed by atoms with Gasteiger partial charge in [-0.25, -0.2) is 0 Å². The van der Waals surface area contributed by atoms with Crippen LogP contribution in [0.2, 0.25) is 0 Å². The molecule has 6 aromatic rings. The van der Waals surface area contributed by atoms with E-state index in [-0.39, 0.29) is 21.2 Å². The minimum atomic E-state index is -0.300. The van der Waals surface area contributed by atoms with Gasteiger partial charge in [0.1, 0.15) is 0 Å². The summed E-state index contributed by atoms with van der Waals surface area (Å²) in [4.78, 5) is 25.2. The Morgan fingerprint density at radius 1 is 0.692 bits per heavy atom. The third-order valence-corrected chi connectivity index (χ3v) is 7.49. The fraction of sp³-hybridized carbons (Fsp3) is 0.226. The number of benzene rings is 4. The first kappa shape index (κ1) is 25.9. The molecular formula is C31H30N4O4. The lowest BCUT2D eigenvalue weighted by Crippen LogP contribution is -2.01. The third kappa shape index (κ3) is 4.09. The Kier molecular flexibility index (Phi) is 6.34. The minimum absolute atomic E-state index is 0.215. The lowest BCUT2D eigenvalue weighted by molar-refractivity contribution is -0.386. The highest BCUT2D eigenvalue weighted by atomic mass is 16.6. The lowest BCUT2D eigenvalue weighted by Gasteiger charge is -2.12. The first-order valence-corrected chi connectivity index (χ1v) is 12.8. The Morgan fingerprint density at radius 3 is 1.85 bits per heavy atom. The second kappa shape index (κ2) is 9.54. The smallest absolute Gasteiger partial charge is 0.275 e. The molecule has 0 atom stereocenters. The molecule has 0 unspecified atom stereocenters. The zero-order chi connectivity index (χ0) is 28.2. The highest BCUT2D eigenvalue weighted by Crippen LogP contribution is 2.39. The van der Waals surface area contributed by atoms with Crippen LogP contribution in [0.4, 0.5) is 11.4 Å². The van der Waals surface area contributed by atoms with E-state index in [1.54, 1.807) is 6.92 Å². The summed E-state index contributed by atoms with van der Waals surface area (Å²) in [5.74, 6) is 0. The predicted molar refractivity (Wildman–Crippen MR) is 158 cm³/mol. The summed E-state index contributed by atoms with van der Waals surface area (Å²) in [6.07, 6.45) is 0. The number of fused-ring (bicyclic) bond motifs is 6. The maximum atomic E-state index is 11.4. The molecule has 1 N–H and O–H groups in total. The molecule has 0 amide bonds. The summed E-state index contributed by atoms with van der Waals surface area (Å²) in [6, 6.07) is 20.1. The van der Waals surface area contributed by atoms with Crippen molar-refractivity contribution in [2.24, 2.45) is 0 Å². The molecule has 0 saturated heterocycles. The second-order valence-electron chi connectivity index (χ2n) is 10.3. The van der Waals surface area contributed by atoms with Gasteiger partial charge in [-0.15, -0.1) is 0 Å². The zero-order valence-electron chi connectivity index (χ0n) is 22.8. The number of para-hydroxylation sites is 2. The summed E-state index contributed by atoms with van der Waals surface area (Å²) in [6.45, 7) is 11.5. The number of hydrogen-bond donors (Lipinski definition) is 1. The zero-order valence-corrected chi connectivity index (χ0v) is 22.8. The number of nitrogens with one attached hydrogen (secondary N) is 1. The summed E-state index contributed by atoms with van der Waals surface area (Å²) in [5.41, 5.74) is 7.51. The van der Waals surface area contributed by atoms with E-state index in [1.807, 2.05) is 75.4 Å². The molecule has 2 heterocycles. The van der Waals surface area contributed by atoms with Crippen LogP contribution in [-0.4, -0.2) is 19.4 Å². The average molecular weight is 523 g/mol. The van der Waals surface area contributed by atoms with Gasteiger partial charge in [-0.3, -0.25) is 20.2 Å². The highest BCUT2D eigenvalue weighted by Gasteiger charge is 2.23. The van der Waals surface area contributed by atoms with Crippen molar-refractivity contribution in [3.63, 3.8) is 0 Å². The SMILES string of the molecule is Cc1cc2[nH]c3ccccc3c2c(C)c1[N+](=O)[O-].Cc1cc2c(c(C)c1[N+](=O)[O-])c1ccccc1n2C(C)C. The molecule has 0 saturated carbocycles. The van der Waals surface area contributed by atoms with E-state index >= 15 is 0 Å². The molecule has 0 aliphatic heterocycles. The largest absolute Gasteiger partial charge is 0.354 e. The second-order valence-corrected chi connectivity index (χ2v) is 10.3. The van der Waals surface area contributed by atoms with Gasteiger partial charge in [0, 0.05) is 66.4 Å². The standard InChI is InChI=1S/C17H18N2O2.C14H12N2O2/c1-10(2)18-14-8-6-5-7-13(14)16-12(4)17(19(20)21)11(3)9-15(16)18;1-8-7-12-13(9(2)14(8)16(17)18)10-5-3-4-6-11(10)15-12/h5-10H,1-4H3;3-7,15H,1-2H3. The fourth-order valence-electron chi connectivity index (χ4n) is 6.00. The van der Waals surface area contributed by atoms with E-state index in [0.717, 1.165) is 60.3 Å². The van der Waals surface area contributed by atoms with Gasteiger partial charge in [0.05, 0.1) is 15.4 Å². The number of nitro benzene ring substituents is 2. The van der Waals surface area contributed by atoms with E-state index in [1.165, 1.54) is 0 Å². The van der Waals surface area contributed by atoms with E-state index in [9.17, 15) is 20.2 Å². The van der Waals surface area contributed by atoms with E-state index < -0.39 is 0 Å². The van der Waals surface area contributed by atoms with Crippen LogP contribution in [0.15, 0.2) is 60.7 Å². The van der Waals surface area contributed by atoms with Crippen molar-refractivity contribution >= 4 is 55.0 Å². The van der Waals surface area contributed by atoms with Crippen LogP contribution < -0.4 is 0 Å². The molecular weight excluding hydrogens is 492 g/mol. The number of aromatic amines is 1. The van der Waals surface area contributed by atoms with Gasteiger partial charge in [0.25, 0.3) is 11.4 Å². The summed E-state index contributed by atoms with van der Waals surface area (Å²) >= 11 is 0. The molecule has 198 valence electrons. The Hall–Kier alpha value is -4.72. The molecule has 6 rings (SSSR count). The number of aryl methyl sites for hydroxylation is 4. The summed E-state index contributed by atoms with van der Waals surface area (Å²) in [7, 11) is 0. The topological polar surface area (TPSA) is 107 Å². The van der Waals surface area contributed by atoms with Crippen molar-refractivity contribution in [3.8, 4) is 0 Å². The molecule has 0 aliphatic carbocycles. The van der Waals surface area contributed by atoms with Crippen LogP contribution in [0.3, 0.4) is 0 Å². The number of nitro groups is 2. The van der Waals surface area contributed by atoms with Crippen molar-refractivity contribution in [1.29, 1.82) is 0 Å². The van der Waals surface area contributed by atoms with Gasteiger partial charge in [-0.2, -0.15) is 0 Å². The average Bonchev–Trinajstić information content (AvgIpc) is 3.39. The summed E-state index contributed by atoms with van der Waals surface area (Å²) < 4.78 is 2.26. The van der Waals surface area contributed by atoms with Gasteiger partial charge in [-0.05, 0) is 65.8 Å². The Balaban J connectivity index is 0.000000160. The number of nitrogens with zero attached hydrogens (tertiary/aromatic N) is 3.